The van der Waals surface area contributed by atoms with Crippen LogP contribution in [0.3, 0.4) is 0 Å². The quantitative estimate of drug-likeness (QED) is 0.543. The lowest BCUT2D eigenvalue weighted by Crippen LogP contribution is -2.20. The normalized spacial score (nSPS) is 26.5. The summed E-state index contributed by atoms with van der Waals surface area (Å²) in [5.41, 5.74) is 0. The molecule has 0 aromatic carbocycles. The molecule has 1 aliphatic heterocycles. The zero-order chi connectivity index (χ0) is 8.27. The summed E-state index contributed by atoms with van der Waals surface area (Å²) in [6.45, 7) is 4.79. The maximum Gasteiger partial charge on any atom is 0.309 e. The Labute approximate surface area is 67.9 Å². The van der Waals surface area contributed by atoms with Gasteiger partial charge < -0.3 is 4.74 Å². The molecule has 64 valence electrons. The highest BCUT2D eigenvalue weighted by Gasteiger charge is 2.24. The van der Waals surface area contributed by atoms with Crippen LogP contribution in [0.25, 0.3) is 0 Å². The van der Waals surface area contributed by atoms with Crippen molar-refractivity contribution < 1.29 is 9.53 Å². The van der Waals surface area contributed by atoms with Crippen molar-refractivity contribution in [2.75, 3.05) is 6.61 Å². The second-order valence-electron chi connectivity index (χ2n) is 3.51. The Kier molecular flexibility index (Phi) is 2.92. The molecule has 1 heterocycles. The minimum atomic E-state index is 0.0116. The first-order valence-electron chi connectivity index (χ1n) is 4.38. The van der Waals surface area contributed by atoms with E-state index < -0.39 is 0 Å². The lowest BCUT2D eigenvalue weighted by Gasteiger charge is -2.15. The third kappa shape index (κ3) is 2.21. The topological polar surface area (TPSA) is 26.3 Å². The molecule has 1 atom stereocenters. The number of hydrogen-bond acceptors (Lipinski definition) is 2. The van der Waals surface area contributed by atoms with Crippen molar-refractivity contribution in [1.82, 2.24) is 0 Å². The van der Waals surface area contributed by atoms with E-state index in [0.29, 0.717) is 12.5 Å². The van der Waals surface area contributed by atoms with Crippen LogP contribution in [-0.2, 0) is 9.53 Å². The third-order valence-corrected chi connectivity index (χ3v) is 2.26. The standard InChI is InChI=1S/C9H16O2/c1-7(2)8-5-3-4-6-11-9(8)10/h7-8H,3-6H2,1-2H3. The van der Waals surface area contributed by atoms with E-state index in [2.05, 4.69) is 13.8 Å². The summed E-state index contributed by atoms with van der Waals surface area (Å²) in [6.07, 6.45) is 3.18. The molecule has 0 spiro atoms. The summed E-state index contributed by atoms with van der Waals surface area (Å²) in [6, 6.07) is 0. The van der Waals surface area contributed by atoms with Gasteiger partial charge in [-0.2, -0.15) is 0 Å². The monoisotopic (exact) mass is 156 g/mol. The van der Waals surface area contributed by atoms with Crippen molar-refractivity contribution in [2.45, 2.75) is 33.1 Å². The van der Waals surface area contributed by atoms with Gasteiger partial charge in [0.15, 0.2) is 0 Å². The van der Waals surface area contributed by atoms with Crippen LogP contribution in [0.5, 0.6) is 0 Å². The average molecular weight is 156 g/mol. The molecule has 0 radical (unpaired) electrons. The van der Waals surface area contributed by atoms with Gasteiger partial charge in [0.1, 0.15) is 0 Å². The summed E-state index contributed by atoms with van der Waals surface area (Å²) in [5, 5.41) is 0. The van der Waals surface area contributed by atoms with Crippen LogP contribution in [0.4, 0.5) is 0 Å². The molecule has 1 saturated heterocycles. The van der Waals surface area contributed by atoms with Crippen molar-refractivity contribution in [3.8, 4) is 0 Å². The molecule has 0 bridgehead atoms. The molecule has 11 heavy (non-hydrogen) atoms. The van der Waals surface area contributed by atoms with E-state index in [-0.39, 0.29) is 11.9 Å². The Balaban J connectivity index is 2.52. The van der Waals surface area contributed by atoms with Gasteiger partial charge in [0.05, 0.1) is 12.5 Å². The Morgan fingerprint density at radius 2 is 2.18 bits per heavy atom. The molecule has 1 unspecified atom stereocenters. The van der Waals surface area contributed by atoms with E-state index in [1.54, 1.807) is 0 Å². The number of carbonyl (C=O) groups excluding carboxylic acids is 1. The summed E-state index contributed by atoms with van der Waals surface area (Å²) < 4.78 is 5.04. The van der Waals surface area contributed by atoms with E-state index in [4.69, 9.17) is 4.74 Å². The summed E-state index contributed by atoms with van der Waals surface area (Å²) in [5.74, 6) is 0.593. The molecule has 0 aliphatic carbocycles. The molecule has 0 aromatic rings. The van der Waals surface area contributed by atoms with Crippen molar-refractivity contribution >= 4 is 5.97 Å². The highest BCUT2D eigenvalue weighted by molar-refractivity contribution is 5.72. The molecule has 1 fully saturated rings. The average Bonchev–Trinajstić information content (AvgIpc) is 2.13. The summed E-state index contributed by atoms with van der Waals surface area (Å²) in [4.78, 5) is 11.2. The van der Waals surface area contributed by atoms with Gasteiger partial charge in [-0.1, -0.05) is 13.8 Å². The van der Waals surface area contributed by atoms with Crippen LogP contribution in [0.1, 0.15) is 33.1 Å². The fraction of sp³-hybridized carbons (Fsp3) is 0.889. The second kappa shape index (κ2) is 3.74. The summed E-state index contributed by atoms with van der Waals surface area (Å²) in [7, 11) is 0. The van der Waals surface area contributed by atoms with Crippen LogP contribution in [0.2, 0.25) is 0 Å². The van der Waals surface area contributed by atoms with Crippen LogP contribution in [0.15, 0.2) is 0 Å². The molecule has 0 amide bonds. The zero-order valence-corrected chi connectivity index (χ0v) is 7.30. The fourth-order valence-electron chi connectivity index (χ4n) is 1.47. The van der Waals surface area contributed by atoms with Gasteiger partial charge in [-0.05, 0) is 25.2 Å². The maximum absolute atomic E-state index is 11.2. The van der Waals surface area contributed by atoms with Crippen molar-refractivity contribution in [3.63, 3.8) is 0 Å². The lowest BCUT2D eigenvalue weighted by atomic mass is 9.91. The largest absolute Gasteiger partial charge is 0.465 e. The van der Waals surface area contributed by atoms with E-state index in [9.17, 15) is 4.79 Å². The first-order chi connectivity index (χ1) is 5.22. The predicted molar refractivity (Wildman–Crippen MR) is 43.1 cm³/mol. The third-order valence-electron chi connectivity index (χ3n) is 2.26. The Hall–Kier alpha value is -0.530. The highest BCUT2D eigenvalue weighted by atomic mass is 16.5. The summed E-state index contributed by atoms with van der Waals surface area (Å²) >= 11 is 0. The van der Waals surface area contributed by atoms with Gasteiger partial charge >= 0.3 is 5.97 Å². The maximum atomic E-state index is 11.2. The molecule has 2 nitrogen and oxygen atoms in total. The number of carbonyl (C=O) groups is 1. The van der Waals surface area contributed by atoms with Crippen molar-refractivity contribution in [2.24, 2.45) is 11.8 Å². The molecule has 0 aromatic heterocycles. The fourth-order valence-corrected chi connectivity index (χ4v) is 1.47. The minimum absolute atomic E-state index is 0.0116. The van der Waals surface area contributed by atoms with Gasteiger partial charge in [-0.15, -0.1) is 0 Å². The predicted octanol–water partition coefficient (Wildman–Crippen LogP) is 1.99. The van der Waals surface area contributed by atoms with E-state index in [1.807, 2.05) is 0 Å². The van der Waals surface area contributed by atoms with E-state index in [0.717, 1.165) is 19.3 Å². The number of hydrogen-bond donors (Lipinski definition) is 0. The van der Waals surface area contributed by atoms with Gasteiger partial charge in [0.2, 0.25) is 0 Å². The molecular formula is C9H16O2. The SMILES string of the molecule is CC(C)C1CCCCOC1=O. The molecular weight excluding hydrogens is 140 g/mol. The number of ether oxygens (including phenoxy) is 1. The smallest absolute Gasteiger partial charge is 0.309 e. The van der Waals surface area contributed by atoms with Gasteiger partial charge in [-0.25, -0.2) is 0 Å². The molecule has 2 heteroatoms. The van der Waals surface area contributed by atoms with Crippen LogP contribution in [-0.4, -0.2) is 12.6 Å². The Morgan fingerprint density at radius 3 is 2.82 bits per heavy atom. The van der Waals surface area contributed by atoms with Crippen LogP contribution >= 0.6 is 0 Å². The second-order valence-corrected chi connectivity index (χ2v) is 3.51. The minimum Gasteiger partial charge on any atom is -0.465 e. The Morgan fingerprint density at radius 1 is 1.45 bits per heavy atom. The number of esters is 1. The van der Waals surface area contributed by atoms with Gasteiger partial charge in [0.25, 0.3) is 0 Å². The molecule has 0 saturated carbocycles. The lowest BCUT2D eigenvalue weighted by molar-refractivity contribution is -0.148. The molecule has 0 N–H and O–H groups in total. The van der Waals surface area contributed by atoms with Crippen molar-refractivity contribution in [1.29, 1.82) is 0 Å². The van der Waals surface area contributed by atoms with Crippen LogP contribution < -0.4 is 0 Å². The number of rotatable bonds is 1. The van der Waals surface area contributed by atoms with Crippen molar-refractivity contribution in [3.05, 3.63) is 0 Å². The molecule has 1 rings (SSSR count). The zero-order valence-electron chi connectivity index (χ0n) is 7.30. The first kappa shape index (κ1) is 8.57. The number of cyclic esters (lactones) is 1. The first-order valence-corrected chi connectivity index (χ1v) is 4.38. The van der Waals surface area contributed by atoms with Gasteiger partial charge in [-0.3, -0.25) is 4.79 Å². The highest BCUT2D eigenvalue weighted by Crippen LogP contribution is 2.22. The van der Waals surface area contributed by atoms with E-state index in [1.165, 1.54) is 0 Å². The Bertz CT molecular complexity index is 140. The van der Waals surface area contributed by atoms with E-state index >= 15 is 0 Å². The van der Waals surface area contributed by atoms with Crippen LogP contribution in [0, 0.1) is 11.8 Å². The molecule has 1 aliphatic rings. The van der Waals surface area contributed by atoms with Gasteiger partial charge in [0, 0.05) is 0 Å².